The molecule has 1 aromatic carbocycles. The van der Waals surface area contributed by atoms with Crippen LogP contribution in [0, 0.1) is 0 Å². The molecule has 0 aliphatic carbocycles. The molecule has 0 saturated carbocycles. The Balaban J connectivity index is 0.000000387. The van der Waals surface area contributed by atoms with E-state index < -0.39 is 11.9 Å². The number of rotatable bonds is 7. The Morgan fingerprint density at radius 3 is 2.37 bits per heavy atom. The molecule has 7 nitrogen and oxygen atoms in total. The first-order valence-electron chi connectivity index (χ1n) is 8.24. The van der Waals surface area contributed by atoms with E-state index in [1.165, 1.54) is 19.4 Å². The molecule has 0 radical (unpaired) electrons. The van der Waals surface area contributed by atoms with Crippen LogP contribution >= 0.6 is 23.2 Å². The van der Waals surface area contributed by atoms with E-state index >= 15 is 0 Å². The Morgan fingerprint density at radius 1 is 1.26 bits per heavy atom. The highest BCUT2D eigenvalue weighted by Crippen LogP contribution is 2.38. The Bertz CT molecular complexity index is 664. The van der Waals surface area contributed by atoms with Crippen LogP contribution < -0.4 is 9.47 Å². The number of carboxylic acids is 2. The van der Waals surface area contributed by atoms with Crippen LogP contribution in [0.4, 0.5) is 0 Å². The molecule has 9 heteroatoms. The van der Waals surface area contributed by atoms with Crippen molar-refractivity contribution in [1.82, 2.24) is 4.90 Å². The van der Waals surface area contributed by atoms with Gasteiger partial charge >= 0.3 is 11.9 Å². The number of nitrogens with zero attached hydrogens (tertiary/aromatic N) is 1. The van der Waals surface area contributed by atoms with Crippen molar-refractivity contribution in [1.29, 1.82) is 0 Å². The fourth-order valence-corrected chi connectivity index (χ4v) is 3.19. The smallest absolute Gasteiger partial charge is 0.328 e. The lowest BCUT2D eigenvalue weighted by molar-refractivity contribution is -0.134. The summed E-state index contributed by atoms with van der Waals surface area (Å²) in [5, 5.41) is 16.7. The molecule has 0 aromatic heterocycles. The monoisotopic (exact) mass is 419 g/mol. The van der Waals surface area contributed by atoms with E-state index in [0.717, 1.165) is 6.42 Å². The average molecular weight is 420 g/mol. The minimum absolute atomic E-state index is 0.475. The van der Waals surface area contributed by atoms with Crippen molar-refractivity contribution in [2.45, 2.75) is 25.3 Å². The third-order valence-corrected chi connectivity index (χ3v) is 4.43. The molecule has 0 amide bonds. The summed E-state index contributed by atoms with van der Waals surface area (Å²) in [5.74, 6) is -1.36. The van der Waals surface area contributed by atoms with Crippen LogP contribution in [0.15, 0.2) is 24.3 Å². The number of carboxylic acid groups (broad SMARTS) is 2. The predicted molar refractivity (Wildman–Crippen MR) is 103 cm³/mol. The van der Waals surface area contributed by atoms with E-state index in [-0.39, 0.29) is 0 Å². The quantitative estimate of drug-likeness (QED) is 0.651. The molecule has 0 spiro atoms. The Morgan fingerprint density at radius 2 is 1.89 bits per heavy atom. The van der Waals surface area contributed by atoms with Gasteiger partial charge in [-0.2, -0.15) is 0 Å². The van der Waals surface area contributed by atoms with Crippen molar-refractivity contribution in [3.05, 3.63) is 34.3 Å². The number of carbonyl (C=O) groups is 2. The maximum absolute atomic E-state index is 9.55. The first-order valence-corrected chi connectivity index (χ1v) is 9.00. The Hall–Kier alpha value is -1.96. The van der Waals surface area contributed by atoms with Crippen LogP contribution in [0.3, 0.4) is 0 Å². The molecule has 1 fully saturated rings. The highest BCUT2D eigenvalue weighted by Gasteiger charge is 2.20. The lowest BCUT2D eigenvalue weighted by atomic mass is 10.1. The predicted octanol–water partition coefficient (Wildman–Crippen LogP) is 3.58. The number of hydrogen-bond acceptors (Lipinski definition) is 5. The molecule has 1 aliphatic heterocycles. The van der Waals surface area contributed by atoms with Gasteiger partial charge in [-0.3, -0.25) is 0 Å². The molecule has 1 atom stereocenters. The number of likely N-dealkylation sites (tertiary alicyclic amines) is 1. The second-order valence-electron chi connectivity index (χ2n) is 5.84. The summed E-state index contributed by atoms with van der Waals surface area (Å²) in [6.07, 6.45) is 4.63. The average Bonchev–Trinajstić information content (AvgIpc) is 2.98. The maximum Gasteiger partial charge on any atom is 0.328 e. The van der Waals surface area contributed by atoms with Gasteiger partial charge in [0, 0.05) is 29.3 Å². The largest absolute Gasteiger partial charge is 0.491 e. The normalized spacial score (nSPS) is 16.7. The molecule has 27 heavy (non-hydrogen) atoms. The van der Waals surface area contributed by atoms with Crippen LogP contribution in [0.2, 0.25) is 10.0 Å². The molecule has 1 unspecified atom stereocenters. The van der Waals surface area contributed by atoms with Gasteiger partial charge in [0.2, 0.25) is 0 Å². The lowest BCUT2D eigenvalue weighted by Crippen LogP contribution is -2.26. The van der Waals surface area contributed by atoms with E-state index in [0.29, 0.717) is 46.3 Å². The first kappa shape index (κ1) is 23.1. The molecule has 2 N–H and O–H groups in total. The Kier molecular flexibility index (Phi) is 9.99. The highest BCUT2D eigenvalue weighted by atomic mass is 35.5. The second-order valence-corrected chi connectivity index (χ2v) is 6.69. The minimum Gasteiger partial charge on any atom is -0.491 e. The number of methoxy groups -OCH3 is 1. The van der Waals surface area contributed by atoms with Gasteiger partial charge in [-0.15, -0.1) is 0 Å². The third-order valence-electron chi connectivity index (χ3n) is 3.93. The number of hydrogen-bond donors (Lipinski definition) is 2. The summed E-state index contributed by atoms with van der Waals surface area (Å²) in [6.45, 7) is 1.82. The summed E-state index contributed by atoms with van der Waals surface area (Å²) in [7, 11) is 3.74. The van der Waals surface area contributed by atoms with Crippen molar-refractivity contribution >= 4 is 35.1 Å². The molecule has 1 aromatic rings. The summed E-state index contributed by atoms with van der Waals surface area (Å²) in [5.41, 5.74) is 0. The standard InChI is InChI=1S/C14H19Cl2NO2.C4H4O4/c1-17-6-3-4-11(17)5-7-19-13-9-10(15)8-12(16)14(13)18-2;5-3(6)1-2-4(7)8/h8-9,11H,3-7H2,1-2H3;1-2H,(H,5,6)(H,7,8)/b;2-1+. The van der Waals surface area contributed by atoms with Gasteiger partial charge in [0.25, 0.3) is 0 Å². The van der Waals surface area contributed by atoms with Gasteiger partial charge in [0.15, 0.2) is 11.5 Å². The zero-order valence-corrected chi connectivity index (χ0v) is 16.7. The minimum atomic E-state index is -1.26. The topological polar surface area (TPSA) is 96.3 Å². The molecule has 1 saturated heterocycles. The molecular weight excluding hydrogens is 397 g/mol. The van der Waals surface area contributed by atoms with Crippen LogP contribution in [0.5, 0.6) is 11.5 Å². The summed E-state index contributed by atoms with van der Waals surface area (Å²) in [6, 6.07) is 4.00. The van der Waals surface area contributed by atoms with Gasteiger partial charge in [0.05, 0.1) is 18.7 Å². The van der Waals surface area contributed by atoms with Gasteiger partial charge in [-0.25, -0.2) is 9.59 Å². The van der Waals surface area contributed by atoms with E-state index in [9.17, 15) is 9.59 Å². The second kappa shape index (κ2) is 11.7. The molecule has 2 rings (SSSR count). The summed E-state index contributed by atoms with van der Waals surface area (Å²) < 4.78 is 11.0. The van der Waals surface area contributed by atoms with Crippen molar-refractivity contribution in [3.63, 3.8) is 0 Å². The summed E-state index contributed by atoms with van der Waals surface area (Å²) in [4.78, 5) is 21.5. The van der Waals surface area contributed by atoms with Gasteiger partial charge in [-0.1, -0.05) is 23.2 Å². The van der Waals surface area contributed by atoms with Crippen LogP contribution in [-0.4, -0.2) is 60.4 Å². The van der Waals surface area contributed by atoms with Crippen LogP contribution in [0.1, 0.15) is 19.3 Å². The van der Waals surface area contributed by atoms with E-state index in [2.05, 4.69) is 11.9 Å². The van der Waals surface area contributed by atoms with Crippen molar-refractivity contribution in [2.75, 3.05) is 27.3 Å². The zero-order valence-electron chi connectivity index (χ0n) is 15.2. The van der Waals surface area contributed by atoms with Crippen LogP contribution in [-0.2, 0) is 9.59 Å². The number of ether oxygens (including phenoxy) is 2. The number of halogens is 2. The van der Waals surface area contributed by atoms with E-state index in [1.807, 2.05) is 0 Å². The van der Waals surface area contributed by atoms with Gasteiger partial charge in [0.1, 0.15) is 0 Å². The first-order chi connectivity index (χ1) is 12.7. The van der Waals surface area contributed by atoms with Gasteiger partial charge < -0.3 is 24.6 Å². The molecule has 150 valence electrons. The fourth-order valence-electron chi connectivity index (χ4n) is 2.63. The molecule has 1 aliphatic rings. The fraction of sp³-hybridized carbons (Fsp3) is 0.444. The maximum atomic E-state index is 9.55. The van der Waals surface area contributed by atoms with Crippen LogP contribution in [0.25, 0.3) is 0 Å². The van der Waals surface area contributed by atoms with Gasteiger partial charge in [-0.05, 0) is 38.9 Å². The van der Waals surface area contributed by atoms with E-state index in [4.69, 9.17) is 42.9 Å². The number of aliphatic carboxylic acids is 2. The van der Waals surface area contributed by atoms with Crippen molar-refractivity contribution < 1.29 is 29.3 Å². The molecule has 1 heterocycles. The van der Waals surface area contributed by atoms with E-state index in [1.54, 1.807) is 19.2 Å². The zero-order chi connectivity index (χ0) is 20.4. The Labute approximate surface area is 168 Å². The number of benzene rings is 1. The lowest BCUT2D eigenvalue weighted by Gasteiger charge is -2.20. The third kappa shape index (κ3) is 8.51. The van der Waals surface area contributed by atoms with Crippen molar-refractivity contribution in [2.24, 2.45) is 0 Å². The summed E-state index contributed by atoms with van der Waals surface area (Å²) >= 11 is 12.0. The molecular formula is C18H23Cl2NO6. The molecule has 0 bridgehead atoms. The van der Waals surface area contributed by atoms with Crippen molar-refractivity contribution in [3.8, 4) is 11.5 Å². The SMILES string of the molecule is COc1c(Cl)cc(Cl)cc1OCCC1CCCN1C.O=C(O)/C=C/C(=O)O. The highest BCUT2D eigenvalue weighted by molar-refractivity contribution is 6.35.